The molecule has 4 heteroatoms. The van der Waals surface area contributed by atoms with E-state index in [-0.39, 0.29) is 11.8 Å². The van der Waals surface area contributed by atoms with Crippen LogP contribution in [0.15, 0.2) is 0 Å². The Kier molecular flexibility index (Phi) is 5.60. The van der Waals surface area contributed by atoms with Crippen LogP contribution in [0, 0.1) is 11.8 Å². The lowest BCUT2D eigenvalue weighted by molar-refractivity contribution is -0.157. The van der Waals surface area contributed by atoms with Gasteiger partial charge in [-0.1, -0.05) is 27.2 Å². The largest absolute Gasteiger partial charge is 0.386 e. The fraction of sp³-hybridized carbons (Fsp3) is 0.929. The van der Waals surface area contributed by atoms with Gasteiger partial charge >= 0.3 is 0 Å². The number of carbonyl (C=O) groups excluding carboxylic acids is 1. The Balaban J connectivity index is 2.34. The lowest BCUT2D eigenvalue weighted by atomic mass is 9.87. The number of hydrogen-bond acceptors (Lipinski definition) is 3. The average Bonchev–Trinajstić information content (AvgIpc) is 2.24. The third-order valence-electron chi connectivity index (χ3n) is 3.64. The van der Waals surface area contributed by atoms with Crippen molar-refractivity contribution in [2.75, 3.05) is 19.6 Å². The maximum atomic E-state index is 12.0. The molecule has 0 bridgehead atoms. The van der Waals surface area contributed by atoms with Crippen molar-refractivity contribution in [3.05, 3.63) is 0 Å². The van der Waals surface area contributed by atoms with Crippen LogP contribution in [0.3, 0.4) is 0 Å². The maximum absolute atomic E-state index is 12.0. The van der Waals surface area contributed by atoms with Gasteiger partial charge in [0.1, 0.15) is 0 Å². The van der Waals surface area contributed by atoms with Gasteiger partial charge in [-0.15, -0.1) is 0 Å². The lowest BCUT2D eigenvalue weighted by Gasteiger charge is -2.47. The van der Waals surface area contributed by atoms with Crippen molar-refractivity contribution in [2.45, 2.75) is 52.1 Å². The number of β-amino-alcohol motifs (C(OH)–C–C–N with tert-alkyl or cyclic N) is 1. The van der Waals surface area contributed by atoms with E-state index >= 15 is 0 Å². The summed E-state index contributed by atoms with van der Waals surface area (Å²) < 4.78 is 0. The lowest BCUT2D eigenvalue weighted by Crippen LogP contribution is -2.63. The summed E-state index contributed by atoms with van der Waals surface area (Å²) >= 11 is 0. The molecule has 1 aliphatic rings. The molecule has 106 valence electrons. The van der Waals surface area contributed by atoms with Gasteiger partial charge in [-0.2, -0.15) is 0 Å². The number of amides is 1. The Morgan fingerprint density at radius 3 is 2.50 bits per heavy atom. The van der Waals surface area contributed by atoms with E-state index in [9.17, 15) is 9.90 Å². The standard InChI is InChI=1S/C14H28N2O2/c1-4-5-14(18)9-16(10-14)13(17)7-12(8-15)6-11(2)3/h11-12,18H,4-10,15H2,1-3H3/t12-/m0/s1. The molecule has 0 radical (unpaired) electrons. The molecular formula is C14H28N2O2. The highest BCUT2D eigenvalue weighted by atomic mass is 16.3. The first-order valence-corrected chi connectivity index (χ1v) is 7.10. The molecule has 1 amide bonds. The number of nitrogens with zero attached hydrogens (tertiary/aromatic N) is 1. The summed E-state index contributed by atoms with van der Waals surface area (Å²) in [4.78, 5) is 13.8. The van der Waals surface area contributed by atoms with E-state index in [0.29, 0.717) is 32.0 Å². The highest BCUT2D eigenvalue weighted by Crippen LogP contribution is 2.27. The van der Waals surface area contributed by atoms with Crippen LogP contribution in [0.5, 0.6) is 0 Å². The highest BCUT2D eigenvalue weighted by Gasteiger charge is 2.42. The van der Waals surface area contributed by atoms with Crippen molar-refractivity contribution in [3.63, 3.8) is 0 Å². The average molecular weight is 256 g/mol. The quantitative estimate of drug-likeness (QED) is 0.723. The second-order valence-corrected chi connectivity index (χ2v) is 6.16. The van der Waals surface area contributed by atoms with Gasteiger partial charge in [0.15, 0.2) is 0 Å². The van der Waals surface area contributed by atoms with Crippen LogP contribution in [0.25, 0.3) is 0 Å². The van der Waals surface area contributed by atoms with Crippen molar-refractivity contribution in [1.29, 1.82) is 0 Å². The minimum Gasteiger partial charge on any atom is -0.386 e. The molecule has 1 heterocycles. The zero-order chi connectivity index (χ0) is 13.8. The molecule has 0 aromatic heterocycles. The van der Waals surface area contributed by atoms with E-state index < -0.39 is 5.60 Å². The first-order valence-electron chi connectivity index (χ1n) is 7.10. The third-order valence-corrected chi connectivity index (χ3v) is 3.64. The summed E-state index contributed by atoms with van der Waals surface area (Å²) in [5, 5.41) is 10.0. The smallest absolute Gasteiger partial charge is 0.223 e. The molecule has 0 spiro atoms. The van der Waals surface area contributed by atoms with Crippen LogP contribution >= 0.6 is 0 Å². The summed E-state index contributed by atoms with van der Waals surface area (Å²) in [5.74, 6) is 0.990. The van der Waals surface area contributed by atoms with Crippen LogP contribution in [-0.4, -0.2) is 41.1 Å². The van der Waals surface area contributed by atoms with Gasteiger partial charge in [0.2, 0.25) is 5.91 Å². The molecular weight excluding hydrogens is 228 g/mol. The molecule has 1 saturated heterocycles. The summed E-state index contributed by atoms with van der Waals surface area (Å²) in [5.41, 5.74) is 5.09. The number of nitrogens with two attached hydrogens (primary N) is 1. The van der Waals surface area contributed by atoms with Crippen LogP contribution in [-0.2, 0) is 4.79 Å². The molecule has 0 aromatic carbocycles. The summed E-state index contributed by atoms with van der Waals surface area (Å²) in [6.45, 7) is 7.91. The predicted molar refractivity (Wildman–Crippen MR) is 73.1 cm³/mol. The first-order chi connectivity index (χ1) is 8.40. The summed E-state index contributed by atoms with van der Waals surface area (Å²) in [6, 6.07) is 0. The maximum Gasteiger partial charge on any atom is 0.223 e. The first kappa shape index (κ1) is 15.4. The Bertz CT molecular complexity index is 273. The molecule has 0 aromatic rings. The van der Waals surface area contributed by atoms with Gasteiger partial charge < -0.3 is 15.7 Å². The SMILES string of the molecule is CCCC1(O)CN(C(=O)C[C@@H](CN)CC(C)C)C1. The van der Waals surface area contributed by atoms with Crippen LogP contribution < -0.4 is 5.73 Å². The highest BCUT2D eigenvalue weighted by molar-refractivity contribution is 5.77. The number of aliphatic hydroxyl groups is 1. The molecule has 1 fully saturated rings. The van der Waals surface area contributed by atoms with Gasteiger partial charge in [-0.3, -0.25) is 4.79 Å². The van der Waals surface area contributed by atoms with Crippen LogP contribution in [0.2, 0.25) is 0 Å². The zero-order valence-electron chi connectivity index (χ0n) is 12.0. The van der Waals surface area contributed by atoms with Crippen molar-refractivity contribution < 1.29 is 9.90 Å². The molecule has 0 saturated carbocycles. The summed E-state index contributed by atoms with van der Waals surface area (Å²) in [6.07, 6.45) is 3.26. The molecule has 1 atom stereocenters. The normalized spacial score (nSPS) is 19.8. The van der Waals surface area contributed by atoms with E-state index in [2.05, 4.69) is 20.8 Å². The van der Waals surface area contributed by atoms with E-state index in [1.165, 1.54) is 0 Å². The topological polar surface area (TPSA) is 66.6 Å². The molecule has 4 nitrogen and oxygen atoms in total. The van der Waals surface area contributed by atoms with Crippen molar-refractivity contribution in [3.8, 4) is 0 Å². The minimum atomic E-state index is -0.624. The van der Waals surface area contributed by atoms with Gasteiger partial charge in [-0.05, 0) is 31.2 Å². The van der Waals surface area contributed by atoms with Crippen molar-refractivity contribution in [1.82, 2.24) is 4.90 Å². The Hall–Kier alpha value is -0.610. The van der Waals surface area contributed by atoms with Gasteiger partial charge in [0, 0.05) is 6.42 Å². The van der Waals surface area contributed by atoms with E-state index in [0.717, 1.165) is 19.3 Å². The Morgan fingerprint density at radius 2 is 2.06 bits per heavy atom. The Labute approximate surface area is 111 Å². The monoisotopic (exact) mass is 256 g/mol. The van der Waals surface area contributed by atoms with E-state index in [4.69, 9.17) is 5.73 Å². The molecule has 18 heavy (non-hydrogen) atoms. The minimum absolute atomic E-state index is 0.145. The van der Waals surface area contributed by atoms with Crippen molar-refractivity contribution in [2.24, 2.45) is 17.6 Å². The molecule has 1 rings (SSSR count). The number of likely N-dealkylation sites (tertiary alicyclic amines) is 1. The second kappa shape index (κ2) is 6.53. The number of carbonyl (C=O) groups is 1. The Morgan fingerprint density at radius 1 is 1.44 bits per heavy atom. The molecule has 1 aliphatic heterocycles. The van der Waals surface area contributed by atoms with Gasteiger partial charge in [-0.25, -0.2) is 0 Å². The van der Waals surface area contributed by atoms with E-state index in [1.54, 1.807) is 4.90 Å². The molecule has 0 unspecified atom stereocenters. The molecule has 3 N–H and O–H groups in total. The number of hydrogen-bond donors (Lipinski definition) is 2. The predicted octanol–water partition coefficient (Wildman–Crippen LogP) is 1.37. The molecule has 0 aliphatic carbocycles. The van der Waals surface area contributed by atoms with Crippen LogP contribution in [0.1, 0.15) is 46.5 Å². The second-order valence-electron chi connectivity index (χ2n) is 6.16. The fourth-order valence-electron chi connectivity index (χ4n) is 2.77. The van der Waals surface area contributed by atoms with Crippen molar-refractivity contribution >= 4 is 5.91 Å². The number of rotatable bonds is 7. The van der Waals surface area contributed by atoms with Crippen LogP contribution in [0.4, 0.5) is 0 Å². The van der Waals surface area contributed by atoms with Gasteiger partial charge in [0.25, 0.3) is 0 Å². The zero-order valence-corrected chi connectivity index (χ0v) is 12.0. The third kappa shape index (κ3) is 4.25. The fourth-order valence-corrected chi connectivity index (χ4v) is 2.77. The van der Waals surface area contributed by atoms with E-state index in [1.807, 2.05) is 0 Å². The van der Waals surface area contributed by atoms with Gasteiger partial charge in [0.05, 0.1) is 18.7 Å². The summed E-state index contributed by atoms with van der Waals surface area (Å²) in [7, 11) is 0.